The van der Waals surface area contributed by atoms with Gasteiger partial charge in [-0.3, -0.25) is 9.69 Å². The molecule has 0 atom stereocenters. The normalized spacial score (nSPS) is 10.0. The number of benzene rings is 1. The number of amides is 2. The number of urea groups is 1. The van der Waals surface area contributed by atoms with Crippen molar-refractivity contribution < 1.29 is 14.7 Å². The molecule has 0 saturated heterocycles. The molecular formula is C14H20N2O3. The minimum Gasteiger partial charge on any atom is -0.481 e. The molecule has 0 radical (unpaired) electrons. The summed E-state index contributed by atoms with van der Waals surface area (Å²) in [7, 11) is 0. The molecule has 1 rings (SSSR count). The van der Waals surface area contributed by atoms with Crippen molar-refractivity contribution >= 4 is 17.7 Å². The maximum Gasteiger partial charge on any atom is 0.324 e. The van der Waals surface area contributed by atoms with Gasteiger partial charge in [-0.2, -0.15) is 0 Å². The van der Waals surface area contributed by atoms with Gasteiger partial charge in [-0.1, -0.05) is 18.2 Å². The molecule has 104 valence electrons. The lowest BCUT2D eigenvalue weighted by Crippen LogP contribution is -2.44. The molecule has 1 aromatic carbocycles. The molecule has 0 aliphatic rings. The number of aliphatic carboxylic acids is 1. The summed E-state index contributed by atoms with van der Waals surface area (Å²) < 4.78 is 0. The molecule has 19 heavy (non-hydrogen) atoms. The SMILES string of the molecule is CCN(CCC(=O)O)C(=O)N(CC)c1ccccc1. The van der Waals surface area contributed by atoms with Crippen molar-refractivity contribution in [3.05, 3.63) is 30.3 Å². The monoisotopic (exact) mass is 264 g/mol. The molecule has 0 heterocycles. The number of carboxylic acid groups (broad SMARTS) is 1. The van der Waals surface area contributed by atoms with Gasteiger partial charge in [0.05, 0.1) is 6.42 Å². The van der Waals surface area contributed by atoms with E-state index < -0.39 is 5.97 Å². The Kier molecular flexibility index (Phi) is 5.85. The molecule has 0 bridgehead atoms. The van der Waals surface area contributed by atoms with Crippen LogP contribution in [0.15, 0.2) is 30.3 Å². The summed E-state index contributed by atoms with van der Waals surface area (Å²) in [6.45, 7) is 5.02. The summed E-state index contributed by atoms with van der Waals surface area (Å²) in [5, 5.41) is 8.70. The number of hydrogen-bond donors (Lipinski definition) is 1. The van der Waals surface area contributed by atoms with Crippen LogP contribution >= 0.6 is 0 Å². The van der Waals surface area contributed by atoms with E-state index in [9.17, 15) is 9.59 Å². The Balaban J connectivity index is 2.79. The van der Waals surface area contributed by atoms with Crippen LogP contribution in [0.3, 0.4) is 0 Å². The number of carbonyl (C=O) groups excluding carboxylic acids is 1. The van der Waals surface area contributed by atoms with Crippen molar-refractivity contribution in [2.24, 2.45) is 0 Å². The van der Waals surface area contributed by atoms with E-state index in [1.165, 1.54) is 0 Å². The molecule has 0 unspecified atom stereocenters. The van der Waals surface area contributed by atoms with E-state index in [4.69, 9.17) is 5.11 Å². The molecule has 0 spiro atoms. The molecular weight excluding hydrogens is 244 g/mol. The van der Waals surface area contributed by atoms with Crippen molar-refractivity contribution in [1.29, 1.82) is 0 Å². The lowest BCUT2D eigenvalue weighted by molar-refractivity contribution is -0.137. The number of rotatable bonds is 6. The van der Waals surface area contributed by atoms with Crippen LogP contribution in [-0.4, -0.2) is 41.6 Å². The predicted octanol–water partition coefficient (Wildman–Crippen LogP) is 2.43. The van der Waals surface area contributed by atoms with Crippen molar-refractivity contribution in [3.63, 3.8) is 0 Å². The van der Waals surface area contributed by atoms with E-state index in [1.54, 1.807) is 9.80 Å². The highest BCUT2D eigenvalue weighted by Crippen LogP contribution is 2.15. The van der Waals surface area contributed by atoms with Gasteiger partial charge < -0.3 is 10.0 Å². The van der Waals surface area contributed by atoms with Crippen LogP contribution in [0, 0.1) is 0 Å². The molecule has 5 nitrogen and oxygen atoms in total. The van der Waals surface area contributed by atoms with E-state index in [0.717, 1.165) is 5.69 Å². The van der Waals surface area contributed by atoms with Gasteiger partial charge in [-0.15, -0.1) is 0 Å². The van der Waals surface area contributed by atoms with Gasteiger partial charge in [0, 0.05) is 25.3 Å². The van der Waals surface area contributed by atoms with E-state index in [-0.39, 0.29) is 19.0 Å². The maximum absolute atomic E-state index is 12.4. The lowest BCUT2D eigenvalue weighted by atomic mass is 10.3. The highest BCUT2D eigenvalue weighted by Gasteiger charge is 2.20. The van der Waals surface area contributed by atoms with Crippen molar-refractivity contribution in [1.82, 2.24) is 4.90 Å². The van der Waals surface area contributed by atoms with Crippen LogP contribution in [0.5, 0.6) is 0 Å². The summed E-state index contributed by atoms with van der Waals surface area (Å²) in [6, 6.07) is 9.22. The first-order chi connectivity index (χ1) is 9.10. The lowest BCUT2D eigenvalue weighted by Gasteiger charge is -2.29. The molecule has 1 N–H and O–H groups in total. The van der Waals surface area contributed by atoms with Gasteiger partial charge >= 0.3 is 12.0 Å². The maximum atomic E-state index is 12.4. The molecule has 0 saturated carbocycles. The highest BCUT2D eigenvalue weighted by molar-refractivity contribution is 5.92. The second kappa shape index (κ2) is 7.41. The van der Waals surface area contributed by atoms with Gasteiger partial charge in [0.15, 0.2) is 0 Å². The Labute approximate surface area is 113 Å². The Bertz CT molecular complexity index is 420. The molecule has 0 aromatic heterocycles. The van der Waals surface area contributed by atoms with Crippen LogP contribution in [-0.2, 0) is 4.79 Å². The Hall–Kier alpha value is -2.04. The first-order valence-corrected chi connectivity index (χ1v) is 6.43. The minimum absolute atomic E-state index is 0.0358. The summed E-state index contributed by atoms with van der Waals surface area (Å²) >= 11 is 0. The van der Waals surface area contributed by atoms with E-state index >= 15 is 0 Å². The molecule has 2 amide bonds. The van der Waals surface area contributed by atoms with Crippen LogP contribution in [0.25, 0.3) is 0 Å². The van der Waals surface area contributed by atoms with Crippen LogP contribution in [0.2, 0.25) is 0 Å². The molecule has 1 aromatic rings. The summed E-state index contributed by atoms with van der Waals surface area (Å²) in [4.78, 5) is 26.2. The largest absolute Gasteiger partial charge is 0.481 e. The molecule has 5 heteroatoms. The second-order valence-electron chi connectivity index (χ2n) is 4.09. The zero-order valence-corrected chi connectivity index (χ0v) is 11.4. The summed E-state index contributed by atoms with van der Waals surface area (Å²) in [5.74, 6) is -0.894. The fourth-order valence-electron chi connectivity index (χ4n) is 1.83. The van der Waals surface area contributed by atoms with Gasteiger partial charge in [0.1, 0.15) is 0 Å². The second-order valence-corrected chi connectivity index (χ2v) is 4.09. The Morgan fingerprint density at radius 3 is 2.21 bits per heavy atom. The third kappa shape index (κ3) is 4.28. The fourth-order valence-corrected chi connectivity index (χ4v) is 1.83. The Morgan fingerprint density at radius 1 is 1.11 bits per heavy atom. The third-order valence-electron chi connectivity index (χ3n) is 2.86. The number of carboxylic acids is 1. The average Bonchev–Trinajstić information content (AvgIpc) is 2.41. The summed E-state index contributed by atoms with van der Waals surface area (Å²) in [5.41, 5.74) is 0.823. The zero-order valence-electron chi connectivity index (χ0n) is 11.4. The standard InChI is InChI=1S/C14H20N2O3/c1-3-15(11-10-13(17)18)14(19)16(4-2)12-8-6-5-7-9-12/h5-9H,3-4,10-11H2,1-2H3,(H,17,18). The zero-order chi connectivity index (χ0) is 14.3. The number of carbonyl (C=O) groups is 2. The van der Waals surface area contributed by atoms with Crippen LogP contribution in [0.1, 0.15) is 20.3 Å². The molecule has 0 aliphatic heterocycles. The van der Waals surface area contributed by atoms with Gasteiger partial charge in [0.25, 0.3) is 0 Å². The predicted molar refractivity (Wildman–Crippen MR) is 74.4 cm³/mol. The van der Waals surface area contributed by atoms with E-state index in [0.29, 0.717) is 13.1 Å². The van der Waals surface area contributed by atoms with Crippen LogP contribution < -0.4 is 4.90 Å². The number of para-hydroxylation sites is 1. The quantitative estimate of drug-likeness (QED) is 0.858. The average molecular weight is 264 g/mol. The molecule has 0 aliphatic carbocycles. The smallest absolute Gasteiger partial charge is 0.324 e. The van der Waals surface area contributed by atoms with Crippen molar-refractivity contribution in [2.45, 2.75) is 20.3 Å². The topological polar surface area (TPSA) is 60.9 Å². The minimum atomic E-state index is -0.894. The van der Waals surface area contributed by atoms with Gasteiger partial charge in [-0.05, 0) is 26.0 Å². The third-order valence-corrected chi connectivity index (χ3v) is 2.86. The highest BCUT2D eigenvalue weighted by atomic mass is 16.4. The van der Waals surface area contributed by atoms with E-state index in [2.05, 4.69) is 0 Å². The van der Waals surface area contributed by atoms with E-state index in [1.807, 2.05) is 44.2 Å². The first-order valence-electron chi connectivity index (χ1n) is 6.43. The number of nitrogens with zero attached hydrogens (tertiary/aromatic N) is 2. The first kappa shape index (κ1) is 15.0. The van der Waals surface area contributed by atoms with Crippen LogP contribution in [0.4, 0.5) is 10.5 Å². The fraction of sp³-hybridized carbons (Fsp3) is 0.429. The van der Waals surface area contributed by atoms with Crippen molar-refractivity contribution in [3.8, 4) is 0 Å². The van der Waals surface area contributed by atoms with Gasteiger partial charge in [-0.25, -0.2) is 4.79 Å². The number of anilines is 1. The van der Waals surface area contributed by atoms with Crippen molar-refractivity contribution in [2.75, 3.05) is 24.5 Å². The molecule has 0 fully saturated rings. The van der Waals surface area contributed by atoms with Gasteiger partial charge in [0.2, 0.25) is 0 Å². The summed E-state index contributed by atoms with van der Waals surface area (Å²) in [6.07, 6.45) is -0.0358. The number of hydrogen-bond acceptors (Lipinski definition) is 2. The Morgan fingerprint density at radius 2 is 1.74 bits per heavy atom.